The smallest absolute Gasteiger partial charge is 0.307 e. The van der Waals surface area contributed by atoms with Crippen molar-refractivity contribution in [1.82, 2.24) is 0 Å². The van der Waals surface area contributed by atoms with Crippen molar-refractivity contribution in [3.8, 4) is 6.07 Å². The first-order chi connectivity index (χ1) is 7.08. The molecule has 0 bridgehead atoms. The monoisotopic (exact) mass is 315 g/mol. The van der Waals surface area contributed by atoms with Gasteiger partial charge in [-0.05, 0) is 46.2 Å². The van der Waals surface area contributed by atoms with Crippen LogP contribution in [-0.2, 0) is 17.6 Å². The molecule has 0 saturated carbocycles. The van der Waals surface area contributed by atoms with Gasteiger partial charge in [-0.3, -0.25) is 4.79 Å². The molecule has 0 heterocycles. The third kappa shape index (κ3) is 2.93. The minimum absolute atomic E-state index is 0.0292. The lowest BCUT2D eigenvalue weighted by atomic mass is 10.0. The number of nitrogens with zero attached hydrogens (tertiary/aromatic N) is 1. The summed E-state index contributed by atoms with van der Waals surface area (Å²) < 4.78 is 0.923. The molecule has 0 aliphatic carbocycles. The van der Waals surface area contributed by atoms with Crippen LogP contribution >= 0.6 is 22.6 Å². The summed E-state index contributed by atoms with van der Waals surface area (Å²) in [6.07, 6.45) is 0.777. The Morgan fingerprint density at radius 3 is 2.73 bits per heavy atom. The molecule has 0 fully saturated rings. The molecule has 1 aromatic carbocycles. The largest absolute Gasteiger partial charge is 0.481 e. The van der Waals surface area contributed by atoms with Crippen molar-refractivity contribution in [1.29, 1.82) is 5.26 Å². The molecular weight excluding hydrogens is 305 g/mol. The maximum atomic E-state index is 10.6. The molecule has 3 nitrogen and oxygen atoms in total. The molecule has 78 valence electrons. The maximum Gasteiger partial charge on any atom is 0.307 e. The zero-order valence-electron chi connectivity index (χ0n) is 8.25. The maximum absolute atomic E-state index is 10.6. The van der Waals surface area contributed by atoms with Crippen molar-refractivity contribution < 1.29 is 9.90 Å². The van der Waals surface area contributed by atoms with Gasteiger partial charge in [0, 0.05) is 3.57 Å². The predicted molar refractivity (Wildman–Crippen MR) is 64.6 cm³/mol. The SMILES string of the molecule is CCc1cc(CC(=O)O)cc(C#N)c1I. The van der Waals surface area contributed by atoms with Crippen LogP contribution in [-0.4, -0.2) is 11.1 Å². The summed E-state index contributed by atoms with van der Waals surface area (Å²) >= 11 is 2.12. The molecule has 0 saturated heterocycles. The van der Waals surface area contributed by atoms with Crippen LogP contribution in [0.5, 0.6) is 0 Å². The number of rotatable bonds is 3. The highest BCUT2D eigenvalue weighted by atomic mass is 127. The molecule has 0 aromatic heterocycles. The fraction of sp³-hybridized carbons (Fsp3) is 0.273. The van der Waals surface area contributed by atoms with Crippen LogP contribution in [0.2, 0.25) is 0 Å². The zero-order chi connectivity index (χ0) is 11.4. The van der Waals surface area contributed by atoms with Gasteiger partial charge in [-0.1, -0.05) is 13.0 Å². The van der Waals surface area contributed by atoms with E-state index in [1.165, 1.54) is 0 Å². The first-order valence-corrected chi connectivity index (χ1v) is 5.59. The van der Waals surface area contributed by atoms with Crippen molar-refractivity contribution in [2.45, 2.75) is 19.8 Å². The van der Waals surface area contributed by atoms with Crippen LogP contribution in [0, 0.1) is 14.9 Å². The Labute approximate surface area is 102 Å². The van der Waals surface area contributed by atoms with Gasteiger partial charge in [0.15, 0.2) is 0 Å². The summed E-state index contributed by atoms with van der Waals surface area (Å²) in [6, 6.07) is 5.59. The topological polar surface area (TPSA) is 61.1 Å². The standard InChI is InChI=1S/C11H10INO2/c1-2-8-3-7(5-10(14)15)4-9(6-13)11(8)12/h3-4H,2,5H2,1H3,(H,14,15). The third-order valence-electron chi connectivity index (χ3n) is 2.06. The molecule has 0 atom stereocenters. The van der Waals surface area contributed by atoms with Crippen molar-refractivity contribution >= 4 is 28.6 Å². The number of benzene rings is 1. The Morgan fingerprint density at radius 1 is 1.60 bits per heavy atom. The van der Waals surface area contributed by atoms with Crippen LogP contribution < -0.4 is 0 Å². The lowest BCUT2D eigenvalue weighted by molar-refractivity contribution is -0.136. The number of aryl methyl sites for hydroxylation is 1. The van der Waals surface area contributed by atoms with Crippen molar-refractivity contribution in [2.24, 2.45) is 0 Å². The lowest BCUT2D eigenvalue weighted by Crippen LogP contribution is -2.02. The molecular formula is C11H10INO2. The second-order valence-electron chi connectivity index (χ2n) is 3.15. The van der Waals surface area contributed by atoms with E-state index in [1.54, 1.807) is 6.07 Å². The Hall–Kier alpha value is -1.09. The summed E-state index contributed by atoms with van der Waals surface area (Å²) in [6.45, 7) is 1.99. The molecule has 1 N–H and O–H groups in total. The quantitative estimate of drug-likeness (QED) is 0.871. The minimum Gasteiger partial charge on any atom is -0.481 e. The molecule has 4 heteroatoms. The number of hydrogen-bond donors (Lipinski definition) is 1. The van der Waals surface area contributed by atoms with Gasteiger partial charge in [-0.15, -0.1) is 0 Å². The Morgan fingerprint density at radius 2 is 2.27 bits per heavy atom. The van der Waals surface area contributed by atoms with Crippen LogP contribution in [0.3, 0.4) is 0 Å². The Bertz CT molecular complexity index is 435. The Balaban J connectivity index is 3.22. The number of aliphatic carboxylic acids is 1. The van der Waals surface area contributed by atoms with E-state index in [2.05, 4.69) is 28.7 Å². The summed E-state index contributed by atoms with van der Waals surface area (Å²) in [7, 11) is 0. The van der Waals surface area contributed by atoms with E-state index in [0.717, 1.165) is 15.6 Å². The van der Waals surface area contributed by atoms with Crippen LogP contribution in [0.15, 0.2) is 12.1 Å². The molecule has 1 rings (SSSR count). The summed E-state index contributed by atoms with van der Waals surface area (Å²) in [4.78, 5) is 10.6. The second kappa shape index (κ2) is 5.12. The first kappa shape index (κ1) is 12.0. The molecule has 0 amide bonds. The van der Waals surface area contributed by atoms with Gasteiger partial charge in [-0.25, -0.2) is 0 Å². The van der Waals surface area contributed by atoms with E-state index >= 15 is 0 Å². The van der Waals surface area contributed by atoms with Crippen LogP contribution in [0.4, 0.5) is 0 Å². The van der Waals surface area contributed by atoms with E-state index < -0.39 is 5.97 Å². The molecule has 0 unspecified atom stereocenters. The second-order valence-corrected chi connectivity index (χ2v) is 4.23. The summed E-state index contributed by atoms with van der Waals surface area (Å²) in [5.41, 5.74) is 2.29. The van der Waals surface area contributed by atoms with E-state index in [-0.39, 0.29) is 6.42 Å². The molecule has 0 spiro atoms. The number of hydrogen-bond acceptors (Lipinski definition) is 2. The van der Waals surface area contributed by atoms with Gasteiger partial charge in [0.2, 0.25) is 0 Å². The number of nitriles is 1. The Kier molecular flexibility index (Phi) is 4.09. The fourth-order valence-electron chi connectivity index (χ4n) is 1.37. The van der Waals surface area contributed by atoms with E-state index in [4.69, 9.17) is 10.4 Å². The van der Waals surface area contributed by atoms with E-state index in [1.807, 2.05) is 13.0 Å². The number of carboxylic acid groups (broad SMARTS) is 1. The van der Waals surface area contributed by atoms with Gasteiger partial charge in [0.05, 0.1) is 12.0 Å². The van der Waals surface area contributed by atoms with Gasteiger partial charge < -0.3 is 5.11 Å². The predicted octanol–water partition coefficient (Wildman–Crippen LogP) is 2.35. The molecule has 1 aromatic rings. The average molecular weight is 315 g/mol. The van der Waals surface area contributed by atoms with Crippen LogP contribution in [0.25, 0.3) is 0 Å². The number of carboxylic acids is 1. The van der Waals surface area contributed by atoms with Gasteiger partial charge in [0.1, 0.15) is 6.07 Å². The zero-order valence-corrected chi connectivity index (χ0v) is 10.4. The number of carbonyl (C=O) groups is 1. The van der Waals surface area contributed by atoms with Crippen molar-refractivity contribution in [3.63, 3.8) is 0 Å². The van der Waals surface area contributed by atoms with Crippen LogP contribution in [0.1, 0.15) is 23.6 Å². The van der Waals surface area contributed by atoms with Gasteiger partial charge in [0.25, 0.3) is 0 Å². The summed E-state index contributed by atoms with van der Waals surface area (Å²) in [5, 5.41) is 17.6. The third-order valence-corrected chi connectivity index (χ3v) is 3.34. The molecule has 0 aliphatic rings. The van der Waals surface area contributed by atoms with Crippen molar-refractivity contribution in [3.05, 3.63) is 32.4 Å². The van der Waals surface area contributed by atoms with Gasteiger partial charge >= 0.3 is 5.97 Å². The fourth-order valence-corrected chi connectivity index (χ4v) is 2.18. The number of halogens is 1. The average Bonchev–Trinajstić information content (AvgIpc) is 2.19. The van der Waals surface area contributed by atoms with Gasteiger partial charge in [-0.2, -0.15) is 5.26 Å². The lowest BCUT2D eigenvalue weighted by Gasteiger charge is -2.06. The highest BCUT2D eigenvalue weighted by molar-refractivity contribution is 14.1. The first-order valence-electron chi connectivity index (χ1n) is 4.51. The van der Waals surface area contributed by atoms with Crippen molar-refractivity contribution in [2.75, 3.05) is 0 Å². The van der Waals surface area contributed by atoms with E-state index in [0.29, 0.717) is 11.1 Å². The highest BCUT2D eigenvalue weighted by Crippen LogP contribution is 2.20. The normalized spacial score (nSPS) is 9.67. The molecule has 0 radical (unpaired) electrons. The minimum atomic E-state index is -0.873. The summed E-state index contributed by atoms with van der Waals surface area (Å²) in [5.74, 6) is -0.873. The molecule has 0 aliphatic heterocycles. The molecule has 15 heavy (non-hydrogen) atoms. The highest BCUT2D eigenvalue weighted by Gasteiger charge is 2.09. The van der Waals surface area contributed by atoms with E-state index in [9.17, 15) is 4.79 Å².